The second-order valence-electron chi connectivity index (χ2n) is 6.76. The molecule has 1 atom stereocenters. The SMILES string of the molecule is CC(C)[C@@H]1CN2C(=N1)N(C)C(=O)c1[nH]c(Cc3ccccc3)nc12. The van der Waals surface area contributed by atoms with Crippen molar-refractivity contribution in [2.45, 2.75) is 26.3 Å². The van der Waals surface area contributed by atoms with E-state index < -0.39 is 0 Å². The second-order valence-corrected chi connectivity index (χ2v) is 6.76. The van der Waals surface area contributed by atoms with Crippen LogP contribution in [-0.2, 0) is 6.42 Å². The fraction of sp³-hybridized carbons (Fsp3) is 0.389. The summed E-state index contributed by atoms with van der Waals surface area (Å²) in [5.41, 5.74) is 1.73. The van der Waals surface area contributed by atoms with E-state index in [1.165, 1.54) is 5.56 Å². The first kappa shape index (κ1) is 14.9. The molecule has 2 aliphatic heterocycles. The van der Waals surface area contributed by atoms with Crippen molar-refractivity contribution in [3.63, 3.8) is 0 Å². The molecule has 2 aromatic rings. The number of nitrogens with one attached hydrogen (secondary N) is 1. The molecule has 3 heterocycles. The van der Waals surface area contributed by atoms with Crippen LogP contribution in [0.4, 0.5) is 5.82 Å². The summed E-state index contributed by atoms with van der Waals surface area (Å²) in [5, 5.41) is 0. The van der Waals surface area contributed by atoms with Crippen molar-refractivity contribution in [3.05, 3.63) is 47.4 Å². The van der Waals surface area contributed by atoms with Crippen molar-refractivity contribution >= 4 is 17.7 Å². The first-order valence-electron chi connectivity index (χ1n) is 8.31. The lowest BCUT2D eigenvalue weighted by Gasteiger charge is -2.30. The third kappa shape index (κ3) is 2.29. The molecule has 0 saturated heterocycles. The van der Waals surface area contributed by atoms with Crippen LogP contribution in [0.15, 0.2) is 35.3 Å². The number of carbonyl (C=O) groups is 1. The summed E-state index contributed by atoms with van der Waals surface area (Å²) in [6.07, 6.45) is 0.679. The maximum Gasteiger partial charge on any atom is 0.280 e. The van der Waals surface area contributed by atoms with Crippen LogP contribution in [0.25, 0.3) is 0 Å². The number of nitrogens with zero attached hydrogens (tertiary/aromatic N) is 4. The summed E-state index contributed by atoms with van der Waals surface area (Å²) in [7, 11) is 1.78. The predicted octanol–water partition coefficient (Wildman–Crippen LogP) is 2.29. The molecule has 0 bridgehead atoms. The monoisotopic (exact) mass is 323 g/mol. The number of carbonyl (C=O) groups excluding carboxylic acids is 1. The molecule has 6 nitrogen and oxygen atoms in total. The van der Waals surface area contributed by atoms with Gasteiger partial charge < -0.3 is 4.98 Å². The highest BCUT2D eigenvalue weighted by Gasteiger charge is 2.41. The molecule has 24 heavy (non-hydrogen) atoms. The van der Waals surface area contributed by atoms with Crippen molar-refractivity contribution in [1.29, 1.82) is 0 Å². The highest BCUT2D eigenvalue weighted by atomic mass is 16.2. The van der Waals surface area contributed by atoms with Gasteiger partial charge in [0.05, 0.1) is 12.6 Å². The number of hydrogen-bond acceptors (Lipinski definition) is 4. The Morgan fingerprint density at radius 3 is 2.75 bits per heavy atom. The fourth-order valence-electron chi connectivity index (χ4n) is 3.22. The number of fused-ring (bicyclic) bond motifs is 3. The summed E-state index contributed by atoms with van der Waals surface area (Å²) in [4.78, 5) is 29.0. The van der Waals surface area contributed by atoms with E-state index in [9.17, 15) is 4.79 Å². The van der Waals surface area contributed by atoms with Gasteiger partial charge in [-0.25, -0.2) is 9.98 Å². The number of H-pyrrole nitrogens is 1. The lowest BCUT2D eigenvalue weighted by Crippen LogP contribution is -2.48. The average molecular weight is 323 g/mol. The van der Waals surface area contributed by atoms with Gasteiger partial charge in [0.2, 0.25) is 5.96 Å². The van der Waals surface area contributed by atoms with Crippen molar-refractivity contribution in [2.75, 3.05) is 18.5 Å². The predicted molar refractivity (Wildman–Crippen MR) is 93.3 cm³/mol. The summed E-state index contributed by atoms with van der Waals surface area (Å²) in [5.74, 6) is 2.59. The van der Waals surface area contributed by atoms with Crippen LogP contribution in [-0.4, -0.2) is 46.4 Å². The molecule has 1 aromatic heterocycles. The van der Waals surface area contributed by atoms with Crippen LogP contribution in [0.3, 0.4) is 0 Å². The smallest absolute Gasteiger partial charge is 0.280 e. The van der Waals surface area contributed by atoms with Crippen LogP contribution in [0, 0.1) is 5.92 Å². The van der Waals surface area contributed by atoms with Crippen molar-refractivity contribution in [1.82, 2.24) is 14.9 Å². The number of rotatable bonds is 3. The second kappa shape index (κ2) is 5.47. The van der Waals surface area contributed by atoms with E-state index in [1.54, 1.807) is 11.9 Å². The zero-order valence-corrected chi connectivity index (χ0v) is 14.2. The number of aromatic nitrogens is 2. The van der Waals surface area contributed by atoms with E-state index in [4.69, 9.17) is 9.98 Å². The number of benzene rings is 1. The van der Waals surface area contributed by atoms with E-state index in [1.807, 2.05) is 18.2 Å². The Balaban J connectivity index is 1.69. The van der Waals surface area contributed by atoms with Crippen molar-refractivity contribution in [2.24, 2.45) is 10.9 Å². The van der Waals surface area contributed by atoms with Gasteiger partial charge in [-0.3, -0.25) is 14.6 Å². The van der Waals surface area contributed by atoms with Crippen LogP contribution in [0.5, 0.6) is 0 Å². The lowest BCUT2D eigenvalue weighted by molar-refractivity contribution is 0.0860. The van der Waals surface area contributed by atoms with Gasteiger partial charge in [-0.1, -0.05) is 44.2 Å². The number of anilines is 1. The number of imidazole rings is 1. The third-order valence-corrected chi connectivity index (χ3v) is 4.68. The van der Waals surface area contributed by atoms with Gasteiger partial charge >= 0.3 is 0 Å². The largest absolute Gasteiger partial charge is 0.336 e. The van der Waals surface area contributed by atoms with Gasteiger partial charge in [-0.2, -0.15) is 0 Å². The first-order valence-corrected chi connectivity index (χ1v) is 8.31. The average Bonchev–Trinajstić information content (AvgIpc) is 3.18. The molecule has 0 saturated carbocycles. The lowest BCUT2D eigenvalue weighted by atomic mass is 10.1. The molecular formula is C18H21N5O. The van der Waals surface area contributed by atoms with E-state index >= 15 is 0 Å². The zero-order chi connectivity index (χ0) is 16.8. The molecule has 0 spiro atoms. The number of amides is 1. The Bertz CT molecular complexity index is 808. The van der Waals surface area contributed by atoms with E-state index in [0.717, 1.165) is 12.4 Å². The van der Waals surface area contributed by atoms with Gasteiger partial charge in [-0.05, 0) is 11.5 Å². The zero-order valence-electron chi connectivity index (χ0n) is 14.2. The highest BCUT2D eigenvalue weighted by Crippen LogP contribution is 2.31. The molecule has 0 radical (unpaired) electrons. The Labute approximate surface area is 141 Å². The Kier molecular flexibility index (Phi) is 3.40. The van der Waals surface area contributed by atoms with Gasteiger partial charge in [-0.15, -0.1) is 0 Å². The molecule has 124 valence electrons. The van der Waals surface area contributed by atoms with Gasteiger partial charge in [0.25, 0.3) is 5.91 Å². The summed E-state index contributed by atoms with van der Waals surface area (Å²) >= 11 is 0. The fourth-order valence-corrected chi connectivity index (χ4v) is 3.22. The molecule has 0 aliphatic carbocycles. The van der Waals surface area contributed by atoms with Crippen LogP contribution in [0.1, 0.15) is 35.7 Å². The molecular weight excluding hydrogens is 302 g/mol. The molecule has 2 aliphatic rings. The highest BCUT2D eigenvalue weighted by molar-refractivity contribution is 6.17. The number of hydrogen-bond donors (Lipinski definition) is 1. The first-order chi connectivity index (χ1) is 11.5. The summed E-state index contributed by atoms with van der Waals surface area (Å²) in [6, 6.07) is 10.3. The molecule has 0 fully saturated rings. The van der Waals surface area contributed by atoms with Crippen molar-refractivity contribution in [3.8, 4) is 0 Å². The van der Waals surface area contributed by atoms with Crippen LogP contribution < -0.4 is 4.90 Å². The molecule has 6 heteroatoms. The topological polar surface area (TPSA) is 64.6 Å². The number of aromatic amines is 1. The molecule has 1 N–H and O–H groups in total. The van der Waals surface area contributed by atoms with Gasteiger partial charge in [0.15, 0.2) is 5.82 Å². The Morgan fingerprint density at radius 1 is 1.29 bits per heavy atom. The van der Waals surface area contributed by atoms with Gasteiger partial charge in [0, 0.05) is 13.5 Å². The Hall–Kier alpha value is -2.63. The standard InChI is InChI=1S/C18H21N5O/c1-11(2)13-10-23-16-15(17(24)22(3)18(23)19-13)20-14(21-16)9-12-7-5-4-6-8-12/h4-8,11,13H,9-10H2,1-3H3,(H,20,21)/t13-/m0/s1. The van der Waals surface area contributed by atoms with Crippen LogP contribution >= 0.6 is 0 Å². The third-order valence-electron chi connectivity index (χ3n) is 4.68. The van der Waals surface area contributed by atoms with Crippen LogP contribution in [0.2, 0.25) is 0 Å². The molecule has 1 aromatic carbocycles. The normalized spacial score (nSPS) is 19.6. The minimum Gasteiger partial charge on any atom is -0.336 e. The number of guanidine groups is 1. The minimum absolute atomic E-state index is 0.0729. The Morgan fingerprint density at radius 2 is 2.04 bits per heavy atom. The van der Waals surface area contributed by atoms with E-state index in [2.05, 4.69) is 35.9 Å². The minimum atomic E-state index is -0.0729. The van der Waals surface area contributed by atoms with Crippen molar-refractivity contribution < 1.29 is 4.79 Å². The number of aliphatic imine (C=N–C) groups is 1. The summed E-state index contributed by atoms with van der Waals surface area (Å²) < 4.78 is 0. The molecule has 0 unspecified atom stereocenters. The van der Waals surface area contributed by atoms with Gasteiger partial charge in [0.1, 0.15) is 11.5 Å². The maximum absolute atomic E-state index is 12.6. The molecule has 1 amide bonds. The quantitative estimate of drug-likeness (QED) is 0.942. The van der Waals surface area contributed by atoms with E-state index in [0.29, 0.717) is 29.8 Å². The summed E-state index contributed by atoms with van der Waals surface area (Å²) in [6.45, 7) is 5.08. The molecule has 4 rings (SSSR count). The van der Waals surface area contributed by atoms with E-state index in [-0.39, 0.29) is 11.9 Å². The maximum atomic E-state index is 12.6.